The van der Waals surface area contributed by atoms with E-state index in [4.69, 9.17) is 11.5 Å². The number of benzene rings is 1. The molecule has 1 atom stereocenters. The maximum absolute atomic E-state index is 13.9. The van der Waals surface area contributed by atoms with E-state index in [-0.39, 0.29) is 12.1 Å². The molecule has 0 spiro atoms. The molecule has 0 saturated carbocycles. The molecule has 21 heavy (non-hydrogen) atoms. The molecule has 6 heteroatoms. The summed E-state index contributed by atoms with van der Waals surface area (Å²) in [5, 5.41) is 0. The lowest BCUT2D eigenvalue weighted by atomic mass is 10.1. The van der Waals surface area contributed by atoms with E-state index in [1.807, 2.05) is 0 Å². The Hall–Kier alpha value is -2.39. The minimum atomic E-state index is -0.671. The van der Waals surface area contributed by atoms with Gasteiger partial charge < -0.3 is 16.4 Å². The van der Waals surface area contributed by atoms with Crippen molar-refractivity contribution in [1.82, 2.24) is 4.90 Å². The summed E-state index contributed by atoms with van der Waals surface area (Å²) >= 11 is 0. The number of amides is 2. The number of carbonyl (C=O) groups excluding carboxylic acids is 2. The second-order valence-electron chi connectivity index (χ2n) is 4.76. The Morgan fingerprint density at radius 3 is 2.86 bits per heavy atom. The van der Waals surface area contributed by atoms with Gasteiger partial charge in [-0.05, 0) is 31.0 Å². The molecule has 1 aromatic carbocycles. The summed E-state index contributed by atoms with van der Waals surface area (Å²) in [4.78, 5) is 25.1. The van der Waals surface area contributed by atoms with Gasteiger partial charge in [-0.2, -0.15) is 0 Å². The van der Waals surface area contributed by atoms with Gasteiger partial charge in [0.05, 0.1) is 12.1 Å². The molecule has 0 bridgehead atoms. The summed E-state index contributed by atoms with van der Waals surface area (Å²) in [6.45, 7) is 0.571. The highest BCUT2D eigenvalue weighted by atomic mass is 19.1. The number of primary amides is 1. The highest BCUT2D eigenvalue weighted by Gasteiger charge is 2.34. The number of hydrogen-bond acceptors (Lipinski definition) is 3. The first kappa shape index (κ1) is 15.0. The van der Waals surface area contributed by atoms with Crippen LogP contribution in [0, 0.1) is 17.7 Å². The Morgan fingerprint density at radius 2 is 2.19 bits per heavy atom. The summed E-state index contributed by atoms with van der Waals surface area (Å²) in [7, 11) is 0. The van der Waals surface area contributed by atoms with Crippen LogP contribution in [0.2, 0.25) is 0 Å². The minimum absolute atomic E-state index is 0.105. The zero-order valence-electron chi connectivity index (χ0n) is 11.4. The topological polar surface area (TPSA) is 89.4 Å². The van der Waals surface area contributed by atoms with Gasteiger partial charge in [-0.1, -0.05) is 11.8 Å². The maximum Gasteiger partial charge on any atom is 0.257 e. The Morgan fingerprint density at radius 1 is 1.43 bits per heavy atom. The van der Waals surface area contributed by atoms with Gasteiger partial charge in [0.2, 0.25) is 5.91 Å². The average molecular weight is 289 g/mol. The van der Waals surface area contributed by atoms with Crippen molar-refractivity contribution in [2.24, 2.45) is 11.5 Å². The Bertz CT molecular complexity index is 634. The van der Waals surface area contributed by atoms with Crippen LogP contribution >= 0.6 is 0 Å². The molecule has 0 radical (unpaired) electrons. The van der Waals surface area contributed by atoms with Gasteiger partial charge in [0, 0.05) is 12.1 Å². The van der Waals surface area contributed by atoms with E-state index in [0.29, 0.717) is 24.9 Å². The van der Waals surface area contributed by atoms with E-state index in [1.54, 1.807) is 0 Å². The van der Waals surface area contributed by atoms with Crippen molar-refractivity contribution in [3.63, 3.8) is 0 Å². The first-order valence-electron chi connectivity index (χ1n) is 6.63. The molecule has 1 unspecified atom stereocenters. The number of rotatable bonds is 2. The third-order valence-corrected chi connectivity index (χ3v) is 3.37. The molecule has 1 heterocycles. The molecule has 5 nitrogen and oxygen atoms in total. The van der Waals surface area contributed by atoms with Crippen LogP contribution in [-0.2, 0) is 4.79 Å². The molecule has 1 aliphatic heterocycles. The third kappa shape index (κ3) is 3.20. The standard InChI is InChI=1S/C15H16FN3O2/c16-12-6-5-10(3-1-7-17)9-11(12)15(21)19-8-2-4-13(19)14(18)20/h5-6,9,13H,2,4,7-8,17H2,(H2,18,20). The van der Waals surface area contributed by atoms with Crippen molar-refractivity contribution >= 4 is 11.8 Å². The van der Waals surface area contributed by atoms with Gasteiger partial charge in [-0.15, -0.1) is 0 Å². The predicted octanol–water partition coefficient (Wildman–Crippen LogP) is 0.226. The Balaban J connectivity index is 2.32. The van der Waals surface area contributed by atoms with Crippen LogP contribution in [0.25, 0.3) is 0 Å². The van der Waals surface area contributed by atoms with Gasteiger partial charge in [0.15, 0.2) is 0 Å². The fraction of sp³-hybridized carbons (Fsp3) is 0.333. The number of carbonyl (C=O) groups is 2. The SMILES string of the molecule is NCC#Cc1ccc(F)c(C(=O)N2CCCC2C(N)=O)c1. The number of halogens is 1. The summed E-state index contributed by atoms with van der Waals surface area (Å²) in [6, 6.07) is 3.36. The second kappa shape index (κ2) is 6.37. The zero-order valence-corrected chi connectivity index (χ0v) is 11.4. The molecule has 1 aliphatic rings. The largest absolute Gasteiger partial charge is 0.368 e. The highest BCUT2D eigenvalue weighted by molar-refractivity contribution is 5.98. The summed E-state index contributed by atoms with van der Waals surface area (Å²) in [5.41, 5.74) is 11.0. The molecule has 4 N–H and O–H groups in total. The fourth-order valence-electron chi connectivity index (χ4n) is 2.38. The van der Waals surface area contributed by atoms with Crippen LogP contribution in [0.5, 0.6) is 0 Å². The van der Waals surface area contributed by atoms with Crippen LogP contribution < -0.4 is 11.5 Å². The lowest BCUT2D eigenvalue weighted by molar-refractivity contribution is -0.121. The van der Waals surface area contributed by atoms with Gasteiger partial charge in [0.1, 0.15) is 11.9 Å². The molecule has 0 aromatic heterocycles. The molecule has 1 fully saturated rings. The van der Waals surface area contributed by atoms with E-state index in [1.165, 1.54) is 23.1 Å². The fourth-order valence-corrected chi connectivity index (χ4v) is 2.38. The number of hydrogen-bond donors (Lipinski definition) is 2. The Labute approximate surface area is 122 Å². The van der Waals surface area contributed by atoms with Crippen LogP contribution in [0.3, 0.4) is 0 Å². The minimum Gasteiger partial charge on any atom is -0.368 e. The van der Waals surface area contributed by atoms with Crippen LogP contribution in [-0.4, -0.2) is 35.8 Å². The van der Waals surface area contributed by atoms with Crippen LogP contribution in [0.15, 0.2) is 18.2 Å². The van der Waals surface area contributed by atoms with Crippen LogP contribution in [0.1, 0.15) is 28.8 Å². The molecule has 0 aliphatic carbocycles. The molecule has 2 amide bonds. The first-order valence-corrected chi connectivity index (χ1v) is 6.63. The predicted molar refractivity (Wildman–Crippen MR) is 75.6 cm³/mol. The van der Waals surface area contributed by atoms with E-state index in [2.05, 4.69) is 11.8 Å². The molecule has 1 saturated heterocycles. The molecule has 1 aromatic rings. The molecule has 110 valence electrons. The maximum atomic E-state index is 13.9. The first-order chi connectivity index (χ1) is 10.0. The summed E-state index contributed by atoms with van der Waals surface area (Å²) in [6.07, 6.45) is 1.18. The normalized spacial score (nSPS) is 17.2. The quantitative estimate of drug-likeness (QED) is 0.764. The smallest absolute Gasteiger partial charge is 0.257 e. The van der Waals surface area contributed by atoms with Gasteiger partial charge >= 0.3 is 0 Å². The van der Waals surface area contributed by atoms with E-state index in [0.717, 1.165) is 0 Å². The van der Waals surface area contributed by atoms with Crippen molar-refractivity contribution in [3.05, 3.63) is 35.1 Å². The number of likely N-dealkylation sites (tertiary alicyclic amines) is 1. The van der Waals surface area contributed by atoms with E-state index < -0.39 is 23.7 Å². The second-order valence-corrected chi connectivity index (χ2v) is 4.76. The molecule has 2 rings (SSSR count). The third-order valence-electron chi connectivity index (χ3n) is 3.37. The summed E-state index contributed by atoms with van der Waals surface area (Å²) < 4.78 is 13.9. The number of nitrogens with zero attached hydrogens (tertiary/aromatic N) is 1. The van der Waals surface area contributed by atoms with Crippen molar-refractivity contribution in [2.75, 3.05) is 13.1 Å². The Kier molecular flexibility index (Phi) is 4.55. The number of nitrogens with two attached hydrogens (primary N) is 2. The van der Waals surface area contributed by atoms with Crippen LogP contribution in [0.4, 0.5) is 4.39 Å². The van der Waals surface area contributed by atoms with Crippen molar-refractivity contribution in [3.8, 4) is 11.8 Å². The van der Waals surface area contributed by atoms with E-state index >= 15 is 0 Å². The van der Waals surface area contributed by atoms with E-state index in [9.17, 15) is 14.0 Å². The molecular formula is C15H16FN3O2. The summed E-state index contributed by atoms with van der Waals surface area (Å²) in [5.74, 6) is 3.64. The van der Waals surface area contributed by atoms with Crippen molar-refractivity contribution in [2.45, 2.75) is 18.9 Å². The van der Waals surface area contributed by atoms with Gasteiger partial charge in [-0.3, -0.25) is 9.59 Å². The highest BCUT2D eigenvalue weighted by Crippen LogP contribution is 2.21. The monoisotopic (exact) mass is 289 g/mol. The van der Waals surface area contributed by atoms with Crippen molar-refractivity contribution < 1.29 is 14.0 Å². The van der Waals surface area contributed by atoms with Gasteiger partial charge in [0.25, 0.3) is 5.91 Å². The van der Waals surface area contributed by atoms with Gasteiger partial charge in [-0.25, -0.2) is 4.39 Å². The van der Waals surface area contributed by atoms with Crippen molar-refractivity contribution in [1.29, 1.82) is 0 Å². The lowest BCUT2D eigenvalue weighted by Gasteiger charge is -2.22. The average Bonchev–Trinajstić information content (AvgIpc) is 2.95. The lowest BCUT2D eigenvalue weighted by Crippen LogP contribution is -2.43. The molecular weight excluding hydrogens is 273 g/mol. The zero-order chi connectivity index (χ0) is 15.4.